The molecule has 306 valence electrons. The molecule has 4 saturated carbocycles. The summed E-state index contributed by atoms with van der Waals surface area (Å²) in [5.41, 5.74) is -0.141. The number of nitrogens with one attached hydrogen (secondary N) is 3. The van der Waals surface area contributed by atoms with E-state index in [4.69, 9.17) is 19.2 Å². The van der Waals surface area contributed by atoms with E-state index in [2.05, 4.69) is 28.0 Å². The Morgan fingerprint density at radius 3 is 2.53 bits per heavy atom. The van der Waals surface area contributed by atoms with Crippen LogP contribution in [0.25, 0.3) is 17.0 Å². The average Bonchev–Trinajstić information content (AvgIpc) is 3.98. The number of hydrogen-bond acceptors (Lipinski definition) is 10. The first kappa shape index (κ1) is 39.2. The second-order valence-corrected chi connectivity index (χ2v) is 18.7. The number of allylic oxidation sites excluding steroid dienone is 1. The summed E-state index contributed by atoms with van der Waals surface area (Å²) in [6, 6.07) is 5.58. The predicted molar refractivity (Wildman–Crippen MR) is 211 cm³/mol. The van der Waals surface area contributed by atoms with Crippen molar-refractivity contribution in [3.8, 4) is 11.6 Å². The highest BCUT2D eigenvalue weighted by molar-refractivity contribution is 7.91. The number of sulfonamides is 1. The van der Waals surface area contributed by atoms with Crippen molar-refractivity contribution in [1.82, 2.24) is 25.2 Å². The van der Waals surface area contributed by atoms with Gasteiger partial charge in [-0.05, 0) is 101 Å². The quantitative estimate of drug-likeness (QED) is 0.310. The van der Waals surface area contributed by atoms with Gasteiger partial charge in [0.15, 0.2) is 0 Å². The lowest BCUT2D eigenvalue weighted by Crippen LogP contribution is -2.59. The molecule has 57 heavy (non-hydrogen) atoms. The number of hydrogen-bond donors (Lipinski definition) is 3. The Bertz CT molecular complexity index is 2060. The van der Waals surface area contributed by atoms with E-state index in [0.29, 0.717) is 30.0 Å². The van der Waals surface area contributed by atoms with Crippen molar-refractivity contribution in [2.75, 3.05) is 13.7 Å². The van der Waals surface area contributed by atoms with Gasteiger partial charge in [-0.25, -0.2) is 18.2 Å². The van der Waals surface area contributed by atoms with Crippen molar-refractivity contribution in [2.24, 2.45) is 17.8 Å². The van der Waals surface area contributed by atoms with Crippen LogP contribution in [0.2, 0.25) is 0 Å². The molecule has 7 atom stereocenters. The van der Waals surface area contributed by atoms with Crippen molar-refractivity contribution in [3.05, 3.63) is 48.6 Å². The molecule has 1 aromatic carbocycles. The van der Waals surface area contributed by atoms with Gasteiger partial charge in [-0.2, -0.15) is 0 Å². The fourth-order valence-corrected chi connectivity index (χ4v) is 10.7. The smallest absolute Gasteiger partial charge is 0.408 e. The number of ether oxygens (including phenoxy) is 3. The van der Waals surface area contributed by atoms with Gasteiger partial charge in [0.1, 0.15) is 35.6 Å². The van der Waals surface area contributed by atoms with Crippen LogP contribution in [0.5, 0.6) is 11.6 Å². The monoisotopic (exact) mass is 803 g/mol. The van der Waals surface area contributed by atoms with E-state index < -0.39 is 68.7 Å². The molecular weight excluding hydrogens is 751 g/mol. The van der Waals surface area contributed by atoms with E-state index in [-0.39, 0.29) is 37.3 Å². The molecule has 0 spiro atoms. The van der Waals surface area contributed by atoms with Crippen molar-refractivity contribution in [1.29, 1.82) is 0 Å². The zero-order chi connectivity index (χ0) is 39.9. The molecule has 15 heteroatoms. The van der Waals surface area contributed by atoms with Crippen LogP contribution in [0.15, 0.2) is 43.0 Å². The molecule has 2 aliphatic heterocycles. The maximum atomic E-state index is 14.9. The van der Waals surface area contributed by atoms with Crippen LogP contribution < -0.4 is 24.8 Å². The van der Waals surface area contributed by atoms with Gasteiger partial charge in [0.2, 0.25) is 27.7 Å². The Balaban J connectivity index is 1.14. The highest BCUT2D eigenvalue weighted by atomic mass is 32.2. The Morgan fingerprint density at radius 2 is 1.79 bits per heavy atom. The van der Waals surface area contributed by atoms with Crippen molar-refractivity contribution in [3.63, 3.8) is 0 Å². The molecule has 3 N–H and O–H groups in total. The zero-order valence-electron chi connectivity index (χ0n) is 32.5. The third kappa shape index (κ3) is 8.22. The fraction of sp³-hybridized carbons (Fsp3) is 0.595. The lowest BCUT2D eigenvalue weighted by molar-refractivity contribution is -0.142. The van der Waals surface area contributed by atoms with Gasteiger partial charge < -0.3 is 29.7 Å². The summed E-state index contributed by atoms with van der Waals surface area (Å²) in [7, 11) is -2.31. The minimum absolute atomic E-state index is 0.00267. The third-order valence-electron chi connectivity index (χ3n) is 12.9. The number of fused-ring (bicyclic) bond motifs is 5. The lowest BCUT2D eigenvalue weighted by Gasteiger charge is -2.32. The third-order valence-corrected chi connectivity index (χ3v) is 14.7. The molecule has 2 aromatic rings. The fourth-order valence-electron chi connectivity index (χ4n) is 9.38. The lowest BCUT2D eigenvalue weighted by atomic mass is 9.96. The second-order valence-electron chi connectivity index (χ2n) is 16.7. The summed E-state index contributed by atoms with van der Waals surface area (Å²) in [6.07, 6.45) is 13.8. The second kappa shape index (κ2) is 15.9. The van der Waals surface area contributed by atoms with E-state index in [1.807, 2.05) is 30.3 Å². The van der Waals surface area contributed by atoms with E-state index in [0.717, 1.165) is 75.2 Å². The molecule has 5 fully saturated rings. The van der Waals surface area contributed by atoms with E-state index >= 15 is 0 Å². The van der Waals surface area contributed by atoms with Crippen LogP contribution in [-0.2, 0) is 29.1 Å². The van der Waals surface area contributed by atoms with Crippen molar-refractivity contribution in [2.45, 2.75) is 125 Å². The SMILES string of the molecule is C=C[C@H]1C[C@]1(NC(=O)[C@@H]1C[C@@H]2CN1C(=O)[C@H](C1CCCC1)NC(=O)O[C@H]1CCC[C@@H]1CCC/C=C/c1cc3ccc(OC)cc3nc1O2)C(=O)NS(=O)(=O)C1CC1. The number of pyridine rings is 1. The van der Waals surface area contributed by atoms with Gasteiger partial charge >= 0.3 is 6.09 Å². The topological polar surface area (TPSA) is 182 Å². The van der Waals surface area contributed by atoms with E-state index in [9.17, 15) is 27.6 Å². The number of aromatic nitrogens is 1. The molecule has 4 amide bonds. The van der Waals surface area contributed by atoms with Gasteiger partial charge in [0.25, 0.3) is 5.91 Å². The van der Waals surface area contributed by atoms with E-state index in [1.165, 1.54) is 11.0 Å². The largest absolute Gasteiger partial charge is 0.497 e. The molecule has 4 aliphatic carbocycles. The number of benzene rings is 1. The number of rotatable bonds is 8. The summed E-state index contributed by atoms with van der Waals surface area (Å²) < 4.78 is 46.0. The first-order chi connectivity index (χ1) is 27.5. The average molecular weight is 804 g/mol. The maximum absolute atomic E-state index is 14.9. The van der Waals surface area contributed by atoms with Crippen LogP contribution >= 0.6 is 0 Å². The number of nitrogens with zero attached hydrogens (tertiary/aromatic N) is 2. The molecule has 6 aliphatic rings. The van der Waals surface area contributed by atoms with Gasteiger partial charge in [-0.3, -0.25) is 19.1 Å². The van der Waals surface area contributed by atoms with E-state index in [1.54, 1.807) is 7.11 Å². The first-order valence-corrected chi connectivity index (χ1v) is 22.1. The molecule has 2 bridgehead atoms. The highest BCUT2D eigenvalue weighted by Gasteiger charge is 2.62. The number of carbonyl (C=O) groups is 4. The minimum Gasteiger partial charge on any atom is -0.497 e. The summed E-state index contributed by atoms with van der Waals surface area (Å²) in [6.45, 7) is 3.82. The van der Waals surface area contributed by atoms with Crippen molar-refractivity contribution >= 4 is 50.8 Å². The molecular formula is C42H53N5O9S. The van der Waals surface area contributed by atoms with Crippen LogP contribution in [0.4, 0.5) is 4.79 Å². The van der Waals surface area contributed by atoms with Crippen LogP contribution in [-0.4, -0.2) is 90.9 Å². The standard InChI is InChI=1S/C42H53N5O9S/c1-3-29-23-42(29,40(50)46-57(52,53)32-18-19-32)45-37(48)34-22-31-24-47(34)39(49)36(26-11-7-8-12-26)44-41(51)56-35-15-9-14-25(35)10-5-4-6-13-28-20-27-16-17-30(54-2)21-33(27)43-38(28)55-31/h3,6,13,16-17,20-21,25-26,29,31-32,34-36H,1,4-5,7-12,14-15,18-19,22-24H2,2H3,(H,44,51)(H,45,48)(H,46,50)/b13-6+/t25-,29-,31+,34-,35-,36-,42+/m0/s1. The molecule has 1 saturated heterocycles. The highest BCUT2D eigenvalue weighted by Crippen LogP contribution is 2.46. The van der Waals surface area contributed by atoms with Gasteiger partial charge in [0, 0.05) is 29.4 Å². The van der Waals surface area contributed by atoms with Crippen LogP contribution in [0.1, 0.15) is 95.5 Å². The first-order valence-electron chi connectivity index (χ1n) is 20.6. The zero-order valence-corrected chi connectivity index (χ0v) is 33.3. The molecule has 0 unspecified atom stereocenters. The Kier molecular flexibility index (Phi) is 11.0. The molecule has 1 aromatic heterocycles. The summed E-state index contributed by atoms with van der Waals surface area (Å²) in [5.74, 6) is -1.35. The predicted octanol–water partition coefficient (Wildman–Crippen LogP) is 4.91. The van der Waals surface area contributed by atoms with Crippen LogP contribution in [0.3, 0.4) is 0 Å². The van der Waals surface area contributed by atoms with Gasteiger partial charge in [-0.15, -0.1) is 6.58 Å². The maximum Gasteiger partial charge on any atom is 0.408 e. The molecule has 3 heterocycles. The van der Waals surface area contributed by atoms with Crippen molar-refractivity contribution < 1.29 is 41.8 Å². The summed E-state index contributed by atoms with van der Waals surface area (Å²) >= 11 is 0. The molecule has 0 radical (unpaired) electrons. The van der Waals surface area contributed by atoms with Crippen LogP contribution in [0, 0.1) is 17.8 Å². The summed E-state index contributed by atoms with van der Waals surface area (Å²) in [5, 5.41) is 6.06. The van der Waals surface area contributed by atoms with Gasteiger partial charge in [-0.1, -0.05) is 31.1 Å². The number of amides is 4. The number of alkyl carbamates (subject to hydrolysis) is 1. The number of methoxy groups -OCH3 is 1. The van der Waals surface area contributed by atoms with Gasteiger partial charge in [0.05, 0.1) is 24.4 Å². The Morgan fingerprint density at radius 1 is 1.02 bits per heavy atom. The summed E-state index contributed by atoms with van der Waals surface area (Å²) in [4.78, 5) is 63.0. The molecule has 14 nitrogen and oxygen atoms in total. The molecule has 8 rings (SSSR count). The Hall–Kier alpha value is -4.66. The number of carbonyl (C=O) groups excluding carboxylic acids is 4. The Labute approximate surface area is 333 Å². The normalized spacial score (nSPS) is 31.4. The minimum atomic E-state index is -3.90.